The SMILES string of the molecule is CCCCCCCCCCCCCCCCCCNC(=O)[C@@H](N)Cc1ccc(O)cc1. The summed E-state index contributed by atoms with van der Waals surface area (Å²) in [5.74, 6) is 0.138. The molecule has 0 saturated heterocycles. The van der Waals surface area contributed by atoms with Gasteiger partial charge in [0.15, 0.2) is 0 Å². The minimum absolute atomic E-state index is 0.0889. The molecule has 0 spiro atoms. The molecule has 0 heterocycles. The smallest absolute Gasteiger partial charge is 0.237 e. The van der Waals surface area contributed by atoms with Gasteiger partial charge in [0, 0.05) is 6.54 Å². The van der Waals surface area contributed by atoms with Gasteiger partial charge in [-0.05, 0) is 30.5 Å². The van der Waals surface area contributed by atoms with E-state index in [0.717, 1.165) is 12.0 Å². The fourth-order valence-corrected chi connectivity index (χ4v) is 3.99. The summed E-state index contributed by atoms with van der Waals surface area (Å²) in [7, 11) is 0. The van der Waals surface area contributed by atoms with Gasteiger partial charge in [0.1, 0.15) is 5.75 Å². The molecule has 0 aliphatic carbocycles. The van der Waals surface area contributed by atoms with Gasteiger partial charge < -0.3 is 16.2 Å². The predicted molar refractivity (Wildman–Crippen MR) is 132 cm³/mol. The lowest BCUT2D eigenvalue weighted by atomic mass is 10.0. The number of hydrogen-bond donors (Lipinski definition) is 3. The van der Waals surface area contributed by atoms with Crippen LogP contribution in [0.3, 0.4) is 0 Å². The van der Waals surface area contributed by atoms with E-state index >= 15 is 0 Å². The molecule has 0 fully saturated rings. The summed E-state index contributed by atoms with van der Waals surface area (Å²) in [6, 6.07) is 6.31. The number of nitrogens with one attached hydrogen (secondary N) is 1. The van der Waals surface area contributed by atoms with Gasteiger partial charge in [0.2, 0.25) is 5.91 Å². The van der Waals surface area contributed by atoms with Crippen molar-refractivity contribution in [2.24, 2.45) is 5.73 Å². The van der Waals surface area contributed by atoms with Gasteiger partial charge in [0.05, 0.1) is 6.04 Å². The molecule has 0 bridgehead atoms. The number of benzene rings is 1. The number of carbonyl (C=O) groups is 1. The van der Waals surface area contributed by atoms with Crippen LogP contribution in [-0.4, -0.2) is 23.6 Å². The van der Waals surface area contributed by atoms with E-state index in [9.17, 15) is 9.90 Å². The summed E-state index contributed by atoms with van der Waals surface area (Å²) in [5.41, 5.74) is 6.95. The Kier molecular flexibility index (Phi) is 17.0. The maximum absolute atomic E-state index is 12.1. The van der Waals surface area contributed by atoms with E-state index in [4.69, 9.17) is 5.73 Å². The Bertz CT molecular complexity index is 545. The third kappa shape index (κ3) is 15.8. The highest BCUT2D eigenvalue weighted by Gasteiger charge is 2.13. The lowest BCUT2D eigenvalue weighted by Crippen LogP contribution is -2.42. The van der Waals surface area contributed by atoms with Crippen LogP contribution in [0.1, 0.15) is 115 Å². The Morgan fingerprint density at radius 2 is 1.19 bits per heavy atom. The lowest BCUT2D eigenvalue weighted by molar-refractivity contribution is -0.122. The van der Waals surface area contributed by atoms with Crippen LogP contribution in [0.15, 0.2) is 24.3 Å². The molecule has 4 heteroatoms. The van der Waals surface area contributed by atoms with Crippen LogP contribution in [-0.2, 0) is 11.2 Å². The molecular formula is C27H48N2O2. The number of nitrogens with two attached hydrogens (primary N) is 1. The molecule has 4 N–H and O–H groups in total. The van der Waals surface area contributed by atoms with E-state index in [2.05, 4.69) is 12.2 Å². The number of rotatable bonds is 20. The molecule has 178 valence electrons. The Hall–Kier alpha value is -1.55. The van der Waals surface area contributed by atoms with Crippen LogP contribution in [0, 0.1) is 0 Å². The molecule has 0 unspecified atom stereocenters. The van der Waals surface area contributed by atoms with Gasteiger partial charge >= 0.3 is 0 Å². The summed E-state index contributed by atoms with van der Waals surface area (Å²) in [5, 5.41) is 12.3. The maximum atomic E-state index is 12.1. The number of phenolic OH excluding ortho intramolecular Hbond substituents is 1. The first-order valence-corrected chi connectivity index (χ1v) is 12.9. The molecule has 4 nitrogen and oxygen atoms in total. The average molecular weight is 433 g/mol. The molecule has 1 amide bonds. The zero-order valence-electron chi connectivity index (χ0n) is 20.0. The molecule has 0 radical (unpaired) electrons. The molecule has 1 atom stereocenters. The van der Waals surface area contributed by atoms with Gasteiger partial charge in [-0.15, -0.1) is 0 Å². The Labute approximate surface area is 191 Å². The number of carbonyl (C=O) groups excluding carboxylic acids is 1. The van der Waals surface area contributed by atoms with Crippen molar-refractivity contribution >= 4 is 5.91 Å². The topological polar surface area (TPSA) is 75.4 Å². The Morgan fingerprint density at radius 1 is 0.774 bits per heavy atom. The van der Waals surface area contributed by atoms with Gasteiger partial charge in [-0.2, -0.15) is 0 Å². The van der Waals surface area contributed by atoms with Crippen molar-refractivity contribution in [2.45, 2.75) is 122 Å². The first-order valence-electron chi connectivity index (χ1n) is 12.9. The van der Waals surface area contributed by atoms with Crippen LogP contribution < -0.4 is 11.1 Å². The summed E-state index contributed by atoms with van der Waals surface area (Å²) < 4.78 is 0. The van der Waals surface area contributed by atoms with Crippen molar-refractivity contribution in [1.82, 2.24) is 5.32 Å². The average Bonchev–Trinajstić information content (AvgIpc) is 2.77. The molecule has 1 rings (SSSR count). The number of amides is 1. The Balaban J connectivity index is 1.83. The molecule has 0 aliphatic heterocycles. The highest BCUT2D eigenvalue weighted by atomic mass is 16.3. The van der Waals surface area contributed by atoms with E-state index in [-0.39, 0.29) is 11.7 Å². The number of hydrogen-bond acceptors (Lipinski definition) is 3. The second kappa shape index (κ2) is 19.2. The first kappa shape index (κ1) is 27.5. The molecular weight excluding hydrogens is 384 g/mol. The zero-order chi connectivity index (χ0) is 22.6. The Morgan fingerprint density at radius 3 is 1.65 bits per heavy atom. The number of unbranched alkanes of at least 4 members (excludes halogenated alkanes) is 15. The van der Waals surface area contributed by atoms with Gasteiger partial charge in [-0.3, -0.25) is 4.79 Å². The van der Waals surface area contributed by atoms with Crippen molar-refractivity contribution in [3.63, 3.8) is 0 Å². The molecule has 0 aromatic heterocycles. The second-order valence-corrected chi connectivity index (χ2v) is 9.07. The van der Waals surface area contributed by atoms with Crippen LogP contribution in [0.5, 0.6) is 5.75 Å². The maximum Gasteiger partial charge on any atom is 0.237 e. The normalized spacial score (nSPS) is 12.1. The zero-order valence-corrected chi connectivity index (χ0v) is 20.0. The fourth-order valence-electron chi connectivity index (χ4n) is 3.99. The first-order chi connectivity index (χ1) is 15.1. The van der Waals surface area contributed by atoms with E-state index in [1.807, 2.05) is 0 Å². The monoisotopic (exact) mass is 432 g/mol. The van der Waals surface area contributed by atoms with Crippen molar-refractivity contribution < 1.29 is 9.90 Å². The summed E-state index contributed by atoms with van der Waals surface area (Å²) in [4.78, 5) is 12.1. The van der Waals surface area contributed by atoms with Crippen molar-refractivity contribution in [1.29, 1.82) is 0 Å². The summed E-state index contributed by atoms with van der Waals surface area (Å²) in [6.07, 6.45) is 22.1. The van der Waals surface area contributed by atoms with Crippen LogP contribution in [0.4, 0.5) is 0 Å². The quantitative estimate of drug-likeness (QED) is 0.202. The van der Waals surface area contributed by atoms with Crippen molar-refractivity contribution in [3.8, 4) is 5.75 Å². The van der Waals surface area contributed by atoms with Crippen molar-refractivity contribution in [3.05, 3.63) is 29.8 Å². The third-order valence-electron chi connectivity index (χ3n) is 6.06. The molecule has 1 aromatic rings. The second-order valence-electron chi connectivity index (χ2n) is 9.07. The molecule has 31 heavy (non-hydrogen) atoms. The predicted octanol–water partition coefficient (Wildman–Crippen LogP) is 6.64. The van der Waals surface area contributed by atoms with Gasteiger partial charge in [-0.1, -0.05) is 115 Å². The van der Waals surface area contributed by atoms with Gasteiger partial charge in [-0.25, -0.2) is 0 Å². The minimum Gasteiger partial charge on any atom is -0.508 e. The third-order valence-corrected chi connectivity index (χ3v) is 6.06. The van der Waals surface area contributed by atoms with Crippen LogP contribution in [0.25, 0.3) is 0 Å². The lowest BCUT2D eigenvalue weighted by Gasteiger charge is -2.12. The van der Waals surface area contributed by atoms with Gasteiger partial charge in [0.25, 0.3) is 0 Å². The molecule has 0 saturated carbocycles. The standard InChI is InChI=1S/C27H48N2O2/c1-2-3-4-5-6-7-8-9-10-11-12-13-14-15-16-17-22-29-27(31)26(28)23-24-18-20-25(30)21-19-24/h18-21,26,30H,2-17,22-23,28H2,1H3,(H,29,31)/t26-/m0/s1. The van der Waals surface area contributed by atoms with E-state index < -0.39 is 6.04 Å². The highest BCUT2D eigenvalue weighted by molar-refractivity contribution is 5.81. The van der Waals surface area contributed by atoms with E-state index in [1.165, 1.54) is 96.3 Å². The minimum atomic E-state index is -0.536. The van der Waals surface area contributed by atoms with E-state index in [0.29, 0.717) is 13.0 Å². The number of aromatic hydroxyl groups is 1. The van der Waals surface area contributed by atoms with Crippen LogP contribution in [0.2, 0.25) is 0 Å². The fraction of sp³-hybridized carbons (Fsp3) is 0.741. The van der Waals surface area contributed by atoms with Crippen LogP contribution >= 0.6 is 0 Å². The summed E-state index contributed by atoms with van der Waals surface area (Å²) >= 11 is 0. The van der Waals surface area contributed by atoms with E-state index in [1.54, 1.807) is 24.3 Å². The highest BCUT2D eigenvalue weighted by Crippen LogP contribution is 2.14. The number of phenols is 1. The summed E-state index contributed by atoms with van der Waals surface area (Å²) in [6.45, 7) is 2.99. The molecule has 0 aliphatic rings. The van der Waals surface area contributed by atoms with Crippen molar-refractivity contribution in [2.75, 3.05) is 6.54 Å². The molecule has 1 aromatic carbocycles. The largest absolute Gasteiger partial charge is 0.508 e.